The average molecular weight is 240 g/mol. The van der Waals surface area contributed by atoms with Crippen LogP contribution in [0, 0.1) is 0 Å². The lowest BCUT2D eigenvalue weighted by molar-refractivity contribution is -0.0755. The van der Waals surface area contributed by atoms with E-state index in [1.54, 1.807) is 12.1 Å². The first kappa shape index (κ1) is 11.2. The van der Waals surface area contributed by atoms with Gasteiger partial charge in [-0.05, 0) is 40.6 Å². The van der Waals surface area contributed by atoms with Gasteiger partial charge in [0.25, 0.3) is 0 Å². The second-order valence-electron chi connectivity index (χ2n) is 4.68. The summed E-state index contributed by atoms with van der Waals surface area (Å²) in [6.45, 7) is 1.16. The van der Waals surface area contributed by atoms with Gasteiger partial charge in [-0.3, -0.25) is 0 Å². The molecule has 3 rings (SSSR count). The molecular formula is C16H13FO. The van der Waals surface area contributed by atoms with Crippen LogP contribution < -0.4 is 0 Å². The topological polar surface area (TPSA) is 20.2 Å². The summed E-state index contributed by atoms with van der Waals surface area (Å²) < 4.78 is 13.8. The van der Waals surface area contributed by atoms with Gasteiger partial charge in [-0.1, -0.05) is 42.5 Å². The third-order valence-electron chi connectivity index (χ3n) is 3.24. The van der Waals surface area contributed by atoms with E-state index in [1.807, 2.05) is 42.5 Å². The molecule has 0 amide bonds. The number of aliphatic hydroxyl groups is 1. The molecule has 0 aliphatic carbocycles. The van der Waals surface area contributed by atoms with Crippen molar-refractivity contribution in [1.82, 2.24) is 0 Å². The van der Waals surface area contributed by atoms with Crippen molar-refractivity contribution in [1.29, 1.82) is 0 Å². The minimum atomic E-state index is -2.32. The molecule has 0 aliphatic heterocycles. The van der Waals surface area contributed by atoms with E-state index in [9.17, 15) is 9.50 Å². The standard InChI is InChI=1S/C16H13FO/c1-16(17,18)15-8-4-7-13-9-11-5-2-3-6-12(11)10-14(13)15/h2-10,18H,1H3. The van der Waals surface area contributed by atoms with Crippen LogP contribution in [0.25, 0.3) is 21.5 Å². The van der Waals surface area contributed by atoms with Crippen LogP contribution in [0.15, 0.2) is 54.6 Å². The summed E-state index contributed by atoms with van der Waals surface area (Å²) in [6, 6.07) is 17.2. The van der Waals surface area contributed by atoms with Crippen LogP contribution in [0.4, 0.5) is 4.39 Å². The number of fused-ring (bicyclic) bond motifs is 2. The van der Waals surface area contributed by atoms with Crippen LogP contribution in [0.2, 0.25) is 0 Å². The maximum absolute atomic E-state index is 13.8. The Bertz CT molecular complexity index is 726. The van der Waals surface area contributed by atoms with Crippen LogP contribution in [0.3, 0.4) is 0 Å². The fourth-order valence-corrected chi connectivity index (χ4v) is 2.36. The first-order valence-electron chi connectivity index (χ1n) is 5.89. The molecular weight excluding hydrogens is 227 g/mol. The van der Waals surface area contributed by atoms with Crippen molar-refractivity contribution in [2.75, 3.05) is 0 Å². The SMILES string of the molecule is CC(O)(F)c1cccc2cc3ccccc3cc12. The van der Waals surface area contributed by atoms with Gasteiger partial charge < -0.3 is 5.11 Å². The van der Waals surface area contributed by atoms with E-state index in [1.165, 1.54) is 0 Å². The Hall–Kier alpha value is -1.93. The summed E-state index contributed by atoms with van der Waals surface area (Å²) in [7, 11) is 0. The molecule has 3 aromatic rings. The van der Waals surface area contributed by atoms with Crippen LogP contribution >= 0.6 is 0 Å². The zero-order valence-electron chi connectivity index (χ0n) is 10.0. The lowest BCUT2D eigenvalue weighted by Crippen LogP contribution is -2.13. The summed E-state index contributed by atoms with van der Waals surface area (Å²) in [5.74, 6) is -2.32. The average Bonchev–Trinajstić information content (AvgIpc) is 2.34. The van der Waals surface area contributed by atoms with Crippen molar-refractivity contribution >= 4 is 21.5 Å². The lowest BCUT2D eigenvalue weighted by Gasteiger charge is -2.16. The molecule has 0 bridgehead atoms. The molecule has 0 fully saturated rings. The van der Waals surface area contributed by atoms with Gasteiger partial charge in [0.15, 0.2) is 0 Å². The van der Waals surface area contributed by atoms with Gasteiger partial charge in [0, 0.05) is 5.56 Å². The minimum absolute atomic E-state index is 0.311. The summed E-state index contributed by atoms with van der Waals surface area (Å²) in [4.78, 5) is 0. The van der Waals surface area contributed by atoms with Crippen LogP contribution in [-0.2, 0) is 5.85 Å². The van der Waals surface area contributed by atoms with Gasteiger partial charge in [0.05, 0.1) is 0 Å². The predicted molar refractivity (Wildman–Crippen MR) is 72.1 cm³/mol. The van der Waals surface area contributed by atoms with Crippen LogP contribution in [0.1, 0.15) is 12.5 Å². The Kier molecular flexibility index (Phi) is 2.35. The van der Waals surface area contributed by atoms with E-state index < -0.39 is 5.85 Å². The Morgan fingerprint density at radius 2 is 1.50 bits per heavy atom. The van der Waals surface area contributed by atoms with Crippen molar-refractivity contribution in [3.63, 3.8) is 0 Å². The van der Waals surface area contributed by atoms with Gasteiger partial charge in [-0.2, -0.15) is 0 Å². The lowest BCUT2D eigenvalue weighted by atomic mass is 9.96. The fourth-order valence-electron chi connectivity index (χ4n) is 2.36. The van der Waals surface area contributed by atoms with Gasteiger partial charge in [-0.25, -0.2) is 4.39 Å². The van der Waals surface area contributed by atoms with E-state index in [-0.39, 0.29) is 0 Å². The van der Waals surface area contributed by atoms with Crippen molar-refractivity contribution in [2.45, 2.75) is 12.8 Å². The quantitative estimate of drug-likeness (QED) is 0.634. The molecule has 1 nitrogen and oxygen atoms in total. The number of halogens is 1. The Labute approximate surface area is 104 Å². The highest BCUT2D eigenvalue weighted by molar-refractivity contribution is 5.99. The molecule has 1 unspecified atom stereocenters. The zero-order valence-corrected chi connectivity index (χ0v) is 10.0. The van der Waals surface area contributed by atoms with Gasteiger partial charge in [-0.15, -0.1) is 0 Å². The predicted octanol–water partition coefficient (Wildman–Crippen LogP) is 4.13. The van der Waals surface area contributed by atoms with Crippen molar-refractivity contribution < 1.29 is 9.50 Å². The monoisotopic (exact) mass is 240 g/mol. The maximum Gasteiger partial charge on any atom is 0.230 e. The molecule has 0 radical (unpaired) electrons. The Balaban J connectivity index is 2.44. The molecule has 18 heavy (non-hydrogen) atoms. The second kappa shape index (κ2) is 3.79. The molecule has 1 atom stereocenters. The van der Waals surface area contributed by atoms with Gasteiger partial charge >= 0.3 is 0 Å². The van der Waals surface area contributed by atoms with Crippen LogP contribution in [0.5, 0.6) is 0 Å². The number of alkyl halides is 1. The van der Waals surface area contributed by atoms with Gasteiger partial charge in [0.2, 0.25) is 5.85 Å². The third-order valence-corrected chi connectivity index (χ3v) is 3.24. The van der Waals surface area contributed by atoms with Crippen molar-refractivity contribution in [3.05, 3.63) is 60.2 Å². The Morgan fingerprint density at radius 3 is 2.17 bits per heavy atom. The molecule has 0 heterocycles. The number of rotatable bonds is 1. The van der Waals surface area contributed by atoms with E-state index in [0.29, 0.717) is 5.56 Å². The van der Waals surface area contributed by atoms with E-state index in [4.69, 9.17) is 0 Å². The van der Waals surface area contributed by atoms with Crippen molar-refractivity contribution in [3.8, 4) is 0 Å². The first-order chi connectivity index (χ1) is 8.55. The highest BCUT2D eigenvalue weighted by Gasteiger charge is 2.23. The molecule has 3 aromatic carbocycles. The molecule has 90 valence electrons. The van der Waals surface area contributed by atoms with Crippen molar-refractivity contribution in [2.24, 2.45) is 0 Å². The molecule has 0 spiro atoms. The van der Waals surface area contributed by atoms with E-state index in [2.05, 4.69) is 0 Å². The zero-order chi connectivity index (χ0) is 12.8. The summed E-state index contributed by atoms with van der Waals surface area (Å²) in [5.41, 5.74) is 0.311. The number of benzene rings is 3. The van der Waals surface area contributed by atoms with Crippen LogP contribution in [-0.4, -0.2) is 5.11 Å². The summed E-state index contributed by atoms with van der Waals surface area (Å²) in [5, 5.41) is 13.4. The minimum Gasteiger partial charge on any atom is -0.358 e. The molecule has 2 heteroatoms. The maximum atomic E-state index is 13.8. The highest BCUT2D eigenvalue weighted by atomic mass is 19.2. The molecule has 1 N–H and O–H groups in total. The van der Waals surface area contributed by atoms with E-state index >= 15 is 0 Å². The van der Waals surface area contributed by atoms with E-state index in [0.717, 1.165) is 28.5 Å². The largest absolute Gasteiger partial charge is 0.358 e. The highest BCUT2D eigenvalue weighted by Crippen LogP contribution is 2.32. The van der Waals surface area contributed by atoms with Gasteiger partial charge in [0.1, 0.15) is 0 Å². The normalized spacial score (nSPS) is 14.8. The Morgan fingerprint density at radius 1 is 0.889 bits per heavy atom. The smallest absolute Gasteiger partial charge is 0.230 e. The number of hydrogen-bond donors (Lipinski definition) is 1. The third kappa shape index (κ3) is 1.75. The summed E-state index contributed by atoms with van der Waals surface area (Å²) >= 11 is 0. The molecule has 0 aliphatic rings. The summed E-state index contributed by atoms with van der Waals surface area (Å²) in [6.07, 6.45) is 0. The second-order valence-corrected chi connectivity index (χ2v) is 4.68. The fraction of sp³-hybridized carbons (Fsp3) is 0.125. The molecule has 0 aromatic heterocycles. The molecule has 0 saturated heterocycles. The first-order valence-corrected chi connectivity index (χ1v) is 5.89. The molecule has 0 saturated carbocycles. The number of hydrogen-bond acceptors (Lipinski definition) is 1.